The number of anilines is 1. The molecule has 1 amide bonds. The van der Waals surface area contributed by atoms with Gasteiger partial charge in [0.2, 0.25) is 0 Å². The predicted molar refractivity (Wildman–Crippen MR) is 106 cm³/mol. The predicted octanol–water partition coefficient (Wildman–Crippen LogP) is 3.27. The Morgan fingerprint density at radius 2 is 1.71 bits per heavy atom. The maximum absolute atomic E-state index is 13.0. The van der Waals surface area contributed by atoms with Crippen LogP contribution in [0.4, 0.5) is 18.9 Å². The largest absolute Gasteiger partial charge is 0.457 e. The minimum atomic E-state index is -4.61. The molecule has 0 fully saturated rings. The number of aliphatic hydroxyl groups excluding tert-OH is 2. The van der Waals surface area contributed by atoms with E-state index in [4.69, 9.17) is 21.3 Å². The topological polar surface area (TPSA) is 132 Å². The first kappa shape index (κ1) is 22.1. The van der Waals surface area contributed by atoms with Crippen LogP contribution in [0.25, 0.3) is 11.3 Å². The van der Waals surface area contributed by atoms with Gasteiger partial charge in [0.05, 0.1) is 17.9 Å². The molecule has 7 nitrogen and oxygen atoms in total. The van der Waals surface area contributed by atoms with Gasteiger partial charge in [-0.05, 0) is 60.2 Å². The molecule has 3 aromatic rings. The standard InChI is InChI=1S/C21H18F3N3O4/c22-21(23,24)15-9-14(5-6-16(15)25)31-13-3-1-11(2-4-13)17-7-12(19(29)10-28)8-18(27-17)20(26)30/h1-9,19,28-29H,10,25H2,(H2,26,30)/t19-/m0/s1. The number of nitrogens with two attached hydrogens (primary N) is 2. The zero-order chi connectivity index (χ0) is 22.8. The van der Waals surface area contributed by atoms with E-state index in [2.05, 4.69) is 4.98 Å². The number of carbonyl (C=O) groups excluding carboxylic acids is 1. The highest BCUT2D eigenvalue weighted by molar-refractivity contribution is 5.91. The van der Waals surface area contributed by atoms with E-state index in [1.54, 1.807) is 12.1 Å². The van der Waals surface area contributed by atoms with Crippen molar-refractivity contribution in [3.63, 3.8) is 0 Å². The lowest BCUT2D eigenvalue weighted by Gasteiger charge is -2.13. The van der Waals surface area contributed by atoms with Gasteiger partial charge in [0.25, 0.3) is 5.91 Å². The monoisotopic (exact) mass is 433 g/mol. The van der Waals surface area contributed by atoms with Crippen molar-refractivity contribution in [3.05, 3.63) is 71.4 Å². The van der Waals surface area contributed by atoms with E-state index >= 15 is 0 Å². The molecule has 0 aliphatic rings. The Morgan fingerprint density at radius 3 is 2.29 bits per heavy atom. The lowest BCUT2D eigenvalue weighted by Crippen LogP contribution is -2.15. The third-order valence-corrected chi connectivity index (χ3v) is 4.37. The molecule has 0 spiro atoms. The minimum Gasteiger partial charge on any atom is -0.457 e. The minimum absolute atomic E-state index is 0.0449. The van der Waals surface area contributed by atoms with E-state index in [1.807, 2.05) is 0 Å². The second-order valence-electron chi connectivity index (χ2n) is 6.61. The van der Waals surface area contributed by atoms with Crippen molar-refractivity contribution in [2.45, 2.75) is 12.3 Å². The highest BCUT2D eigenvalue weighted by Crippen LogP contribution is 2.37. The fourth-order valence-corrected chi connectivity index (χ4v) is 2.80. The maximum Gasteiger partial charge on any atom is 0.418 e. The molecule has 2 aromatic carbocycles. The van der Waals surface area contributed by atoms with E-state index < -0.39 is 36.0 Å². The number of nitrogen functional groups attached to an aromatic ring is 1. The number of alkyl halides is 3. The molecule has 3 rings (SSSR count). The number of halogens is 3. The van der Waals surface area contributed by atoms with Crippen LogP contribution in [0.5, 0.6) is 11.5 Å². The van der Waals surface area contributed by atoms with E-state index in [1.165, 1.54) is 30.3 Å². The SMILES string of the molecule is NC(=O)c1cc([C@@H](O)CO)cc(-c2ccc(Oc3ccc(N)c(C(F)(F)F)c3)cc2)n1. The number of aliphatic hydroxyl groups is 2. The molecule has 1 aromatic heterocycles. The Bertz CT molecular complexity index is 1100. The summed E-state index contributed by atoms with van der Waals surface area (Å²) in [7, 11) is 0. The third-order valence-electron chi connectivity index (χ3n) is 4.37. The Kier molecular flexibility index (Phi) is 6.14. The summed E-state index contributed by atoms with van der Waals surface area (Å²) >= 11 is 0. The van der Waals surface area contributed by atoms with Crippen molar-refractivity contribution in [3.8, 4) is 22.8 Å². The van der Waals surface area contributed by atoms with Gasteiger partial charge in [0.15, 0.2) is 0 Å². The molecular weight excluding hydrogens is 415 g/mol. The van der Waals surface area contributed by atoms with Gasteiger partial charge in [-0.15, -0.1) is 0 Å². The van der Waals surface area contributed by atoms with Gasteiger partial charge in [0.1, 0.15) is 23.3 Å². The molecule has 0 saturated carbocycles. The van der Waals surface area contributed by atoms with Gasteiger partial charge in [-0.3, -0.25) is 4.79 Å². The van der Waals surface area contributed by atoms with Gasteiger partial charge < -0.3 is 26.4 Å². The van der Waals surface area contributed by atoms with Crippen molar-refractivity contribution in [2.75, 3.05) is 12.3 Å². The van der Waals surface area contributed by atoms with Crippen molar-refractivity contribution in [2.24, 2.45) is 5.73 Å². The molecule has 0 radical (unpaired) electrons. The third kappa shape index (κ3) is 5.11. The number of hydrogen-bond donors (Lipinski definition) is 4. The first-order chi connectivity index (χ1) is 14.6. The molecule has 1 atom stereocenters. The number of aromatic nitrogens is 1. The zero-order valence-corrected chi connectivity index (χ0v) is 15.9. The normalized spacial score (nSPS) is 12.4. The van der Waals surface area contributed by atoms with Gasteiger partial charge in [-0.25, -0.2) is 4.98 Å². The van der Waals surface area contributed by atoms with Gasteiger partial charge in [-0.2, -0.15) is 13.2 Å². The molecule has 0 saturated heterocycles. The summed E-state index contributed by atoms with van der Waals surface area (Å²) in [5.74, 6) is -0.600. The smallest absolute Gasteiger partial charge is 0.418 e. The molecule has 0 aliphatic heterocycles. The van der Waals surface area contributed by atoms with Crippen LogP contribution in [-0.2, 0) is 6.18 Å². The number of hydrogen-bond acceptors (Lipinski definition) is 6. The fourth-order valence-electron chi connectivity index (χ4n) is 2.80. The van der Waals surface area contributed by atoms with Crippen molar-refractivity contribution >= 4 is 11.6 Å². The number of rotatable bonds is 6. The molecule has 6 N–H and O–H groups in total. The zero-order valence-electron chi connectivity index (χ0n) is 15.9. The lowest BCUT2D eigenvalue weighted by molar-refractivity contribution is -0.137. The second kappa shape index (κ2) is 8.62. The highest BCUT2D eigenvalue weighted by atomic mass is 19.4. The van der Waals surface area contributed by atoms with Gasteiger partial charge >= 0.3 is 6.18 Å². The lowest BCUT2D eigenvalue weighted by atomic mass is 10.0. The van der Waals surface area contributed by atoms with Crippen LogP contribution in [0.3, 0.4) is 0 Å². The summed E-state index contributed by atoms with van der Waals surface area (Å²) in [5, 5.41) is 19.0. The quantitative estimate of drug-likeness (QED) is 0.441. The first-order valence-corrected chi connectivity index (χ1v) is 8.94. The van der Waals surface area contributed by atoms with Gasteiger partial charge in [0, 0.05) is 11.3 Å². The van der Waals surface area contributed by atoms with E-state index in [0.717, 1.165) is 12.1 Å². The Labute approximate surface area is 174 Å². The molecule has 0 aliphatic carbocycles. The van der Waals surface area contributed by atoms with Crippen LogP contribution in [0.2, 0.25) is 0 Å². The number of primary amides is 1. The molecule has 162 valence electrons. The van der Waals surface area contributed by atoms with Crippen LogP contribution in [0, 0.1) is 0 Å². The summed E-state index contributed by atoms with van der Waals surface area (Å²) in [6, 6.07) is 12.1. The average Bonchev–Trinajstić information content (AvgIpc) is 2.74. The van der Waals surface area contributed by atoms with E-state index in [-0.39, 0.29) is 22.8 Å². The second-order valence-corrected chi connectivity index (χ2v) is 6.61. The van der Waals surface area contributed by atoms with Crippen LogP contribution < -0.4 is 16.2 Å². The summed E-state index contributed by atoms with van der Waals surface area (Å²) in [4.78, 5) is 15.7. The first-order valence-electron chi connectivity index (χ1n) is 8.94. The number of pyridine rings is 1. The van der Waals surface area contributed by atoms with Crippen LogP contribution >= 0.6 is 0 Å². The van der Waals surface area contributed by atoms with Crippen LogP contribution in [0.15, 0.2) is 54.6 Å². The Hall–Kier alpha value is -3.63. The number of amides is 1. The van der Waals surface area contributed by atoms with E-state index in [0.29, 0.717) is 11.3 Å². The number of carbonyl (C=O) groups is 1. The molecule has 1 heterocycles. The summed E-state index contributed by atoms with van der Waals surface area (Å²) in [5.41, 5.74) is 10.2. The van der Waals surface area contributed by atoms with E-state index in [9.17, 15) is 23.1 Å². The average molecular weight is 433 g/mol. The Balaban J connectivity index is 1.89. The molecule has 0 bridgehead atoms. The highest BCUT2D eigenvalue weighted by Gasteiger charge is 2.33. The van der Waals surface area contributed by atoms with Crippen molar-refractivity contribution in [1.82, 2.24) is 4.98 Å². The molecule has 10 heteroatoms. The fraction of sp³-hybridized carbons (Fsp3) is 0.143. The van der Waals surface area contributed by atoms with Gasteiger partial charge in [-0.1, -0.05) is 0 Å². The van der Waals surface area contributed by atoms with Crippen LogP contribution in [-0.4, -0.2) is 27.7 Å². The van der Waals surface area contributed by atoms with Crippen LogP contribution in [0.1, 0.15) is 27.7 Å². The number of benzene rings is 2. The van der Waals surface area contributed by atoms with Crippen molar-refractivity contribution < 1.29 is 32.9 Å². The Morgan fingerprint density at radius 1 is 1.06 bits per heavy atom. The summed E-state index contributed by atoms with van der Waals surface area (Å²) in [6.45, 7) is -0.560. The van der Waals surface area contributed by atoms with Crippen molar-refractivity contribution in [1.29, 1.82) is 0 Å². The molecule has 31 heavy (non-hydrogen) atoms. The summed E-state index contributed by atoms with van der Waals surface area (Å²) < 4.78 is 44.5. The maximum atomic E-state index is 13.0. The number of ether oxygens (including phenoxy) is 1. The molecule has 0 unspecified atom stereocenters. The molecular formula is C21H18F3N3O4. The summed E-state index contributed by atoms with van der Waals surface area (Å²) in [6.07, 6.45) is -5.84. The number of nitrogens with zero attached hydrogens (tertiary/aromatic N) is 1.